The highest BCUT2D eigenvalue weighted by atomic mass is 16.5. The standard InChI is InChI=1S/C4H8O2/c1-3-4(5)6-2/h5H,2-3H2,1H3. The van der Waals surface area contributed by atoms with Crippen molar-refractivity contribution in [1.29, 1.82) is 0 Å². The molecule has 0 aliphatic heterocycles. The molecule has 0 aromatic heterocycles. The molecular formula is C4H8O2. The van der Waals surface area contributed by atoms with Gasteiger partial charge in [-0.3, -0.25) is 0 Å². The summed E-state index contributed by atoms with van der Waals surface area (Å²) in [4.78, 5) is 0. The van der Waals surface area contributed by atoms with Crippen LogP contribution in [0.4, 0.5) is 0 Å². The van der Waals surface area contributed by atoms with Gasteiger partial charge in [-0.1, -0.05) is 6.92 Å². The minimum absolute atomic E-state index is 0.0185. The first kappa shape index (κ1) is 5.34. The van der Waals surface area contributed by atoms with Crippen LogP contribution < -0.4 is 0 Å². The van der Waals surface area contributed by atoms with Crippen molar-refractivity contribution in [1.82, 2.24) is 0 Å². The van der Waals surface area contributed by atoms with Gasteiger partial charge >= 0.3 is 5.97 Å². The molecular weight excluding hydrogens is 80.0 g/mol. The van der Waals surface area contributed by atoms with Gasteiger partial charge in [0.25, 0.3) is 0 Å². The molecule has 0 spiro atoms. The van der Waals surface area contributed by atoms with Crippen LogP contribution in [0.1, 0.15) is 13.3 Å². The van der Waals surface area contributed by atoms with E-state index in [1.165, 1.54) is 0 Å². The maximum Gasteiger partial charge on any atom is 0.334 e. The summed E-state index contributed by atoms with van der Waals surface area (Å²) in [7, 11) is 2.97. The molecule has 0 bridgehead atoms. The van der Waals surface area contributed by atoms with Crippen molar-refractivity contribution in [3.05, 3.63) is 7.11 Å². The number of hydrogen-bond acceptors (Lipinski definition) is 0. The van der Waals surface area contributed by atoms with Crippen LogP contribution in [0.3, 0.4) is 0 Å². The second-order valence-corrected chi connectivity index (χ2v) is 0.892. The summed E-state index contributed by atoms with van der Waals surface area (Å²) in [5, 5.41) is 8.30. The zero-order chi connectivity index (χ0) is 4.99. The largest absolute Gasteiger partial charge is 0.470 e. The molecule has 0 heterocycles. The van der Waals surface area contributed by atoms with Gasteiger partial charge in [0.05, 0.1) is 0 Å². The van der Waals surface area contributed by atoms with Gasteiger partial charge in [-0.05, 0) is 0 Å². The Morgan fingerprint density at radius 3 is 2.50 bits per heavy atom. The molecule has 0 saturated heterocycles. The molecule has 0 aromatic rings. The van der Waals surface area contributed by atoms with E-state index in [1.54, 1.807) is 6.92 Å². The normalized spacial score (nSPS) is 11.8. The molecule has 0 unspecified atom stereocenters. The van der Waals surface area contributed by atoms with E-state index in [1.807, 2.05) is 0 Å². The smallest absolute Gasteiger partial charge is 0.334 e. The van der Waals surface area contributed by atoms with E-state index in [0.717, 1.165) is 0 Å². The number of carboxylic acids is 1. The molecule has 0 rings (SSSR count). The third-order valence-corrected chi connectivity index (χ3v) is 0.469. The van der Waals surface area contributed by atoms with Gasteiger partial charge in [-0.15, -0.1) is 0 Å². The van der Waals surface area contributed by atoms with E-state index in [-0.39, 0.29) is 5.97 Å². The van der Waals surface area contributed by atoms with Crippen LogP contribution in [0.5, 0.6) is 0 Å². The van der Waals surface area contributed by atoms with Gasteiger partial charge in [0, 0.05) is 13.5 Å². The summed E-state index contributed by atoms with van der Waals surface area (Å²) < 4.78 is 4.12. The lowest BCUT2D eigenvalue weighted by molar-refractivity contribution is -0.394. The van der Waals surface area contributed by atoms with Gasteiger partial charge < -0.3 is 9.53 Å². The minimum Gasteiger partial charge on any atom is -0.470 e. The van der Waals surface area contributed by atoms with Crippen LogP contribution in [0.15, 0.2) is 0 Å². The Balaban J connectivity index is 3.22. The molecule has 2 nitrogen and oxygen atoms in total. The van der Waals surface area contributed by atoms with E-state index < -0.39 is 0 Å². The van der Waals surface area contributed by atoms with Crippen LogP contribution >= 0.6 is 0 Å². The van der Waals surface area contributed by atoms with Crippen molar-refractivity contribution in [2.75, 3.05) is 0 Å². The van der Waals surface area contributed by atoms with E-state index in [4.69, 9.17) is 5.11 Å². The van der Waals surface area contributed by atoms with Crippen LogP contribution in [-0.2, 0) is 4.42 Å². The monoisotopic (exact) mass is 88.1 g/mol. The van der Waals surface area contributed by atoms with E-state index in [0.29, 0.717) is 6.42 Å². The van der Waals surface area contributed by atoms with Crippen LogP contribution in [-0.4, -0.2) is 11.1 Å². The Hall–Kier alpha value is -0.660. The third kappa shape index (κ3) is 1.64. The Morgan fingerprint density at radius 2 is 2.50 bits per heavy atom. The first-order chi connectivity index (χ1) is 2.81. The molecule has 2 heteroatoms. The summed E-state index contributed by atoms with van der Waals surface area (Å²) in [6.45, 7) is 1.78. The molecule has 0 aliphatic carbocycles. The quantitative estimate of drug-likeness (QED) is 0.373. The van der Waals surface area contributed by atoms with E-state index in [2.05, 4.69) is 11.5 Å². The molecule has 0 aromatic carbocycles. The van der Waals surface area contributed by atoms with Crippen molar-refractivity contribution in [3.8, 4) is 0 Å². The zero-order valence-corrected chi connectivity index (χ0v) is 3.77. The lowest BCUT2D eigenvalue weighted by Crippen LogP contribution is -1.92. The maximum absolute atomic E-state index is 8.30. The van der Waals surface area contributed by atoms with E-state index >= 15 is 0 Å². The number of rotatable bonds is 1. The van der Waals surface area contributed by atoms with Crippen LogP contribution in [0, 0.1) is 7.11 Å². The average Bonchev–Trinajstić information content (AvgIpc) is 1.65. The first-order valence-electron chi connectivity index (χ1n) is 1.78. The first-order valence-corrected chi connectivity index (χ1v) is 1.78. The van der Waals surface area contributed by atoms with Gasteiger partial charge in [0.2, 0.25) is 0 Å². The Bertz CT molecular complexity index is 56.6. The second kappa shape index (κ2) is 2.57. The van der Waals surface area contributed by atoms with Crippen LogP contribution in [0.25, 0.3) is 0 Å². The van der Waals surface area contributed by atoms with Crippen molar-refractivity contribution in [3.63, 3.8) is 0 Å². The number of aliphatic hydroxyl groups excluding tert-OH is 1. The molecule has 0 radical (unpaired) electrons. The summed E-state index contributed by atoms with van der Waals surface area (Å²) in [5.74, 6) is -0.0185. The molecule has 1 N–H and O–H groups in total. The van der Waals surface area contributed by atoms with Crippen molar-refractivity contribution in [2.45, 2.75) is 13.3 Å². The summed E-state index contributed by atoms with van der Waals surface area (Å²) in [6.07, 6.45) is 0.517. The van der Waals surface area contributed by atoms with E-state index in [9.17, 15) is 0 Å². The minimum atomic E-state index is -0.0185. The van der Waals surface area contributed by atoms with Crippen molar-refractivity contribution in [2.24, 2.45) is 0 Å². The van der Waals surface area contributed by atoms with Gasteiger partial charge in [-0.25, -0.2) is 0 Å². The molecule has 0 atom stereocenters. The fourth-order valence-corrected chi connectivity index (χ4v) is 0.102. The van der Waals surface area contributed by atoms with Crippen LogP contribution in [0.2, 0.25) is 0 Å². The SMILES string of the molecule is [CH2-]/[O+]=C(\O)CC. The molecule has 6 heavy (non-hydrogen) atoms. The molecule has 36 valence electrons. The molecule has 0 aliphatic rings. The lowest BCUT2D eigenvalue weighted by atomic mass is 10.5. The fourth-order valence-electron chi connectivity index (χ4n) is 0.102. The topological polar surface area (TPSA) is 31.5 Å². The highest BCUT2D eigenvalue weighted by Gasteiger charge is 1.84. The predicted octanol–water partition coefficient (Wildman–Crippen LogP) is 0.808. The van der Waals surface area contributed by atoms with Crippen molar-refractivity contribution < 1.29 is 9.53 Å². The Labute approximate surface area is 37.1 Å². The second-order valence-electron chi connectivity index (χ2n) is 0.892. The van der Waals surface area contributed by atoms with Gasteiger partial charge in [0.15, 0.2) is 0 Å². The zero-order valence-electron chi connectivity index (χ0n) is 3.77. The summed E-state index contributed by atoms with van der Waals surface area (Å²) in [6, 6.07) is 0. The number of aliphatic carboxylic acids is 1. The van der Waals surface area contributed by atoms with Gasteiger partial charge in [-0.2, -0.15) is 0 Å². The maximum atomic E-state index is 8.30. The highest BCUT2D eigenvalue weighted by Crippen LogP contribution is 1.71. The number of carboxylic acid groups (broad SMARTS) is 1. The molecule has 0 amide bonds. The predicted molar refractivity (Wildman–Crippen MR) is 23.3 cm³/mol. The summed E-state index contributed by atoms with van der Waals surface area (Å²) >= 11 is 0. The third-order valence-electron chi connectivity index (χ3n) is 0.469. The van der Waals surface area contributed by atoms with Crippen molar-refractivity contribution >= 4 is 5.97 Å². The average molecular weight is 88.1 g/mol. The Kier molecular flexibility index (Phi) is 2.29. The summed E-state index contributed by atoms with van der Waals surface area (Å²) in [5.41, 5.74) is 0. The lowest BCUT2D eigenvalue weighted by Gasteiger charge is -1.81. The highest BCUT2D eigenvalue weighted by molar-refractivity contribution is 5.66. The number of hydrogen-bond donors (Lipinski definition) is 1. The fraction of sp³-hybridized carbons (Fsp3) is 0.500. The molecule has 0 fully saturated rings. The molecule has 0 saturated carbocycles. The van der Waals surface area contributed by atoms with Gasteiger partial charge in [0.1, 0.15) is 0 Å². The Morgan fingerprint density at radius 1 is 2.00 bits per heavy atom.